The third-order valence-corrected chi connectivity index (χ3v) is 16.9. The van der Waals surface area contributed by atoms with Crippen LogP contribution < -0.4 is 0 Å². The van der Waals surface area contributed by atoms with E-state index in [1.54, 1.807) is 0 Å². The standard InChI is InChI=1S/C72H140O6/c1-4-7-10-13-16-19-22-25-28-31-33-34-35-36-37-39-41-44-47-50-53-56-59-62-65-71(74)77-68-69(67-76-70(73)64-61-58-55-52-49-46-43-40-30-27-24-21-18-15-12-9-6-3)78-72(75)66-63-60-57-54-51-48-45-42-38-32-29-26-23-20-17-14-11-8-5-2/h69H,4-68H2,1-3H3. The van der Waals surface area contributed by atoms with Gasteiger partial charge in [0.2, 0.25) is 0 Å². The second-order valence-electron chi connectivity index (χ2n) is 24.9. The van der Waals surface area contributed by atoms with E-state index >= 15 is 0 Å². The van der Waals surface area contributed by atoms with Gasteiger partial charge in [-0.3, -0.25) is 14.4 Å². The second kappa shape index (κ2) is 67.9. The van der Waals surface area contributed by atoms with Gasteiger partial charge in [0.25, 0.3) is 0 Å². The number of ether oxygens (including phenoxy) is 3. The van der Waals surface area contributed by atoms with E-state index in [9.17, 15) is 14.4 Å². The van der Waals surface area contributed by atoms with Crippen molar-refractivity contribution < 1.29 is 28.6 Å². The van der Waals surface area contributed by atoms with Gasteiger partial charge in [0.05, 0.1) is 0 Å². The SMILES string of the molecule is CCCCCCCCCCCCCCCCCCCCCCCCCCC(=O)OCC(COC(=O)CCCCCCCCCCCCCCCCCCC)OC(=O)CCCCCCCCCCCCCCCCCCCCC. The summed E-state index contributed by atoms with van der Waals surface area (Å²) in [7, 11) is 0. The van der Waals surface area contributed by atoms with Gasteiger partial charge >= 0.3 is 17.9 Å². The van der Waals surface area contributed by atoms with Crippen molar-refractivity contribution in [3.05, 3.63) is 0 Å². The Labute approximate surface area is 488 Å². The van der Waals surface area contributed by atoms with Crippen LogP contribution in [0.15, 0.2) is 0 Å². The lowest BCUT2D eigenvalue weighted by molar-refractivity contribution is -0.167. The van der Waals surface area contributed by atoms with E-state index in [0.29, 0.717) is 19.3 Å². The third kappa shape index (κ3) is 65.2. The molecule has 0 aliphatic rings. The Hall–Kier alpha value is -1.59. The van der Waals surface area contributed by atoms with Gasteiger partial charge in [-0.2, -0.15) is 0 Å². The van der Waals surface area contributed by atoms with Crippen LogP contribution in [0.25, 0.3) is 0 Å². The Morgan fingerprint density at radius 2 is 0.346 bits per heavy atom. The molecule has 6 nitrogen and oxygen atoms in total. The molecule has 0 heterocycles. The Balaban J connectivity index is 4.24. The van der Waals surface area contributed by atoms with Crippen molar-refractivity contribution in [2.24, 2.45) is 0 Å². The van der Waals surface area contributed by atoms with Gasteiger partial charge in [-0.25, -0.2) is 0 Å². The monoisotopic (exact) mass is 1100 g/mol. The molecule has 0 amide bonds. The predicted octanol–water partition coefficient (Wildman–Crippen LogP) is 24.6. The fourth-order valence-corrected chi connectivity index (χ4v) is 11.5. The normalized spacial score (nSPS) is 11.9. The Morgan fingerprint density at radius 1 is 0.205 bits per heavy atom. The molecule has 0 fully saturated rings. The topological polar surface area (TPSA) is 78.9 Å². The number of carbonyl (C=O) groups excluding carboxylic acids is 3. The molecule has 0 rings (SSSR count). The number of hydrogen-bond acceptors (Lipinski definition) is 6. The molecule has 0 aromatic rings. The van der Waals surface area contributed by atoms with Crippen LogP contribution in [0.1, 0.15) is 425 Å². The molecule has 0 bridgehead atoms. The van der Waals surface area contributed by atoms with E-state index in [-0.39, 0.29) is 31.1 Å². The zero-order valence-electron chi connectivity index (χ0n) is 53.5. The Kier molecular flexibility index (Phi) is 66.5. The van der Waals surface area contributed by atoms with Gasteiger partial charge in [-0.15, -0.1) is 0 Å². The smallest absolute Gasteiger partial charge is 0.306 e. The summed E-state index contributed by atoms with van der Waals surface area (Å²) < 4.78 is 17.0. The van der Waals surface area contributed by atoms with Gasteiger partial charge in [-0.05, 0) is 19.3 Å². The van der Waals surface area contributed by atoms with E-state index in [0.717, 1.165) is 57.8 Å². The highest BCUT2D eigenvalue weighted by Gasteiger charge is 2.20. The van der Waals surface area contributed by atoms with Gasteiger partial charge < -0.3 is 14.2 Å². The summed E-state index contributed by atoms with van der Waals surface area (Å²) in [5.41, 5.74) is 0. The highest BCUT2D eigenvalue weighted by Crippen LogP contribution is 2.20. The second-order valence-corrected chi connectivity index (χ2v) is 24.9. The van der Waals surface area contributed by atoms with E-state index in [4.69, 9.17) is 14.2 Å². The van der Waals surface area contributed by atoms with Crippen LogP contribution >= 0.6 is 0 Å². The van der Waals surface area contributed by atoms with Gasteiger partial charge in [0.15, 0.2) is 6.10 Å². The van der Waals surface area contributed by atoms with Crippen LogP contribution in [-0.2, 0) is 28.6 Å². The quantitative estimate of drug-likeness (QED) is 0.0343. The zero-order valence-corrected chi connectivity index (χ0v) is 53.5. The van der Waals surface area contributed by atoms with E-state index in [1.165, 1.54) is 327 Å². The first-order valence-corrected chi connectivity index (χ1v) is 36.0. The minimum Gasteiger partial charge on any atom is -0.462 e. The maximum Gasteiger partial charge on any atom is 0.306 e. The summed E-state index contributed by atoms with van der Waals surface area (Å²) in [6.07, 6.45) is 79.9. The number of rotatable bonds is 68. The molecule has 0 aliphatic carbocycles. The molecule has 0 saturated heterocycles. The Bertz CT molecular complexity index is 1170. The molecule has 464 valence electrons. The fraction of sp³-hybridized carbons (Fsp3) is 0.958. The summed E-state index contributed by atoms with van der Waals surface area (Å²) in [4.78, 5) is 38.5. The van der Waals surface area contributed by atoms with Crippen LogP contribution in [0, 0.1) is 0 Å². The fourth-order valence-electron chi connectivity index (χ4n) is 11.5. The molecule has 0 aromatic carbocycles. The lowest BCUT2D eigenvalue weighted by atomic mass is 10.0. The molecule has 0 saturated carbocycles. The molecular weight excluding hydrogens is 961 g/mol. The molecular formula is C72H140O6. The molecule has 0 spiro atoms. The molecule has 0 aliphatic heterocycles. The molecule has 0 aromatic heterocycles. The third-order valence-electron chi connectivity index (χ3n) is 16.9. The molecule has 1 unspecified atom stereocenters. The van der Waals surface area contributed by atoms with Crippen LogP contribution in [0.2, 0.25) is 0 Å². The molecule has 0 N–H and O–H groups in total. The van der Waals surface area contributed by atoms with Crippen LogP contribution in [0.3, 0.4) is 0 Å². The number of unbranched alkanes of at least 4 members (excludes halogenated alkanes) is 57. The average Bonchev–Trinajstić information content (AvgIpc) is 3.44. The minimum atomic E-state index is -0.763. The average molecular weight is 1100 g/mol. The summed E-state index contributed by atoms with van der Waals surface area (Å²) >= 11 is 0. The van der Waals surface area contributed by atoms with E-state index in [2.05, 4.69) is 20.8 Å². The van der Waals surface area contributed by atoms with Crippen molar-refractivity contribution in [2.45, 2.75) is 431 Å². The van der Waals surface area contributed by atoms with Crippen LogP contribution in [-0.4, -0.2) is 37.2 Å². The zero-order chi connectivity index (χ0) is 56.4. The lowest BCUT2D eigenvalue weighted by Crippen LogP contribution is -2.30. The van der Waals surface area contributed by atoms with Crippen molar-refractivity contribution >= 4 is 17.9 Å². The summed E-state index contributed by atoms with van der Waals surface area (Å²) in [5.74, 6) is -0.817. The largest absolute Gasteiger partial charge is 0.462 e. The Morgan fingerprint density at radius 3 is 0.513 bits per heavy atom. The molecule has 0 radical (unpaired) electrons. The van der Waals surface area contributed by atoms with Crippen molar-refractivity contribution in [2.75, 3.05) is 13.2 Å². The van der Waals surface area contributed by atoms with Crippen molar-refractivity contribution in [3.8, 4) is 0 Å². The first-order chi connectivity index (χ1) is 38.5. The number of hydrogen-bond donors (Lipinski definition) is 0. The van der Waals surface area contributed by atoms with E-state index < -0.39 is 6.10 Å². The molecule has 1 atom stereocenters. The number of carbonyl (C=O) groups is 3. The predicted molar refractivity (Wildman–Crippen MR) is 340 cm³/mol. The minimum absolute atomic E-state index is 0.0599. The summed E-state index contributed by atoms with van der Waals surface area (Å²) in [6.45, 7) is 6.75. The van der Waals surface area contributed by atoms with Crippen LogP contribution in [0.4, 0.5) is 0 Å². The molecule has 6 heteroatoms. The first kappa shape index (κ1) is 76.4. The lowest BCUT2D eigenvalue weighted by Gasteiger charge is -2.18. The first-order valence-electron chi connectivity index (χ1n) is 36.0. The summed E-state index contributed by atoms with van der Waals surface area (Å²) in [6, 6.07) is 0. The maximum atomic E-state index is 13.0. The van der Waals surface area contributed by atoms with Gasteiger partial charge in [-0.1, -0.05) is 387 Å². The van der Waals surface area contributed by atoms with Gasteiger partial charge in [0.1, 0.15) is 13.2 Å². The highest BCUT2D eigenvalue weighted by atomic mass is 16.6. The van der Waals surface area contributed by atoms with Crippen LogP contribution in [0.5, 0.6) is 0 Å². The van der Waals surface area contributed by atoms with Crippen molar-refractivity contribution in [1.29, 1.82) is 0 Å². The van der Waals surface area contributed by atoms with E-state index in [1.807, 2.05) is 0 Å². The number of esters is 3. The van der Waals surface area contributed by atoms with Crippen molar-refractivity contribution in [3.63, 3.8) is 0 Å². The molecule has 78 heavy (non-hydrogen) atoms. The summed E-state index contributed by atoms with van der Waals surface area (Å²) in [5, 5.41) is 0. The van der Waals surface area contributed by atoms with Crippen molar-refractivity contribution in [1.82, 2.24) is 0 Å². The van der Waals surface area contributed by atoms with Gasteiger partial charge in [0, 0.05) is 19.3 Å². The highest BCUT2D eigenvalue weighted by molar-refractivity contribution is 5.71. The maximum absolute atomic E-state index is 13.0.